The molecular formula is C15H16F3NO. The summed E-state index contributed by atoms with van der Waals surface area (Å²) in [7, 11) is 0. The smallest absolute Gasteiger partial charge is 0.298 e. The lowest BCUT2D eigenvalue weighted by Crippen LogP contribution is -2.23. The van der Waals surface area contributed by atoms with Gasteiger partial charge >= 0.3 is 6.18 Å². The Bertz CT molecular complexity index is 529. The highest BCUT2D eigenvalue weighted by Gasteiger charge is 2.33. The van der Waals surface area contributed by atoms with Crippen LogP contribution < -0.4 is 0 Å². The molecule has 0 aliphatic rings. The molecule has 0 aliphatic heterocycles. The molecule has 0 aliphatic carbocycles. The van der Waals surface area contributed by atoms with Crippen LogP contribution in [-0.2, 0) is 11.0 Å². The summed E-state index contributed by atoms with van der Waals surface area (Å²) in [5.74, 6) is -1.85. The van der Waals surface area contributed by atoms with Crippen molar-refractivity contribution in [1.82, 2.24) is 0 Å². The second kappa shape index (κ2) is 6.08. The van der Waals surface area contributed by atoms with Crippen molar-refractivity contribution in [3.05, 3.63) is 35.4 Å². The van der Waals surface area contributed by atoms with Crippen molar-refractivity contribution >= 4 is 5.78 Å². The van der Waals surface area contributed by atoms with Gasteiger partial charge in [-0.15, -0.1) is 0 Å². The Kier molecular flexibility index (Phi) is 4.93. The molecule has 108 valence electrons. The molecule has 0 heterocycles. The topological polar surface area (TPSA) is 40.9 Å². The molecule has 0 amide bonds. The van der Waals surface area contributed by atoms with Gasteiger partial charge in [-0.1, -0.05) is 39.0 Å². The van der Waals surface area contributed by atoms with Gasteiger partial charge in [-0.2, -0.15) is 18.4 Å². The molecule has 0 bridgehead atoms. The summed E-state index contributed by atoms with van der Waals surface area (Å²) in [4.78, 5) is 12.2. The molecule has 0 N–H and O–H groups in total. The van der Waals surface area contributed by atoms with E-state index in [1.807, 2.05) is 19.9 Å². The van der Waals surface area contributed by atoms with Crippen LogP contribution in [0.2, 0.25) is 0 Å². The summed E-state index contributed by atoms with van der Waals surface area (Å²) < 4.78 is 38.0. The van der Waals surface area contributed by atoms with Crippen molar-refractivity contribution < 1.29 is 18.0 Å². The zero-order valence-electron chi connectivity index (χ0n) is 11.5. The lowest BCUT2D eigenvalue weighted by atomic mass is 9.83. The molecule has 0 spiro atoms. The van der Waals surface area contributed by atoms with Crippen LogP contribution >= 0.6 is 0 Å². The van der Waals surface area contributed by atoms with Gasteiger partial charge in [-0.3, -0.25) is 4.79 Å². The minimum absolute atomic E-state index is 0.0316. The monoisotopic (exact) mass is 283 g/mol. The second-order valence-corrected chi connectivity index (χ2v) is 5.12. The Balaban J connectivity index is 3.15. The van der Waals surface area contributed by atoms with Gasteiger partial charge in [0, 0.05) is 5.92 Å². The normalized spacial score (nSPS) is 14.7. The average molecular weight is 283 g/mol. The number of hydrogen-bond acceptors (Lipinski definition) is 2. The van der Waals surface area contributed by atoms with Crippen molar-refractivity contribution in [2.75, 3.05) is 0 Å². The molecule has 1 aromatic carbocycles. The van der Waals surface area contributed by atoms with Crippen molar-refractivity contribution in [3.8, 4) is 6.07 Å². The maximum Gasteiger partial charge on any atom is 0.416 e. The van der Waals surface area contributed by atoms with Gasteiger partial charge < -0.3 is 0 Å². The predicted octanol–water partition coefficient (Wildman–Crippen LogP) is 4.17. The fourth-order valence-electron chi connectivity index (χ4n) is 1.79. The van der Waals surface area contributed by atoms with Crippen LogP contribution in [0.4, 0.5) is 13.2 Å². The van der Waals surface area contributed by atoms with Crippen molar-refractivity contribution in [2.24, 2.45) is 11.8 Å². The van der Waals surface area contributed by atoms with E-state index in [1.54, 1.807) is 6.92 Å². The van der Waals surface area contributed by atoms with Crippen molar-refractivity contribution in [1.29, 1.82) is 5.26 Å². The van der Waals surface area contributed by atoms with E-state index >= 15 is 0 Å². The number of halogens is 3. The minimum atomic E-state index is -4.48. The number of alkyl halides is 3. The molecule has 0 fully saturated rings. The molecule has 2 unspecified atom stereocenters. The number of hydrogen-bond donors (Lipinski definition) is 0. The molecular weight excluding hydrogens is 267 g/mol. The summed E-state index contributed by atoms with van der Waals surface area (Å²) in [6.07, 6.45) is -4.48. The lowest BCUT2D eigenvalue weighted by molar-refractivity contribution is -0.137. The maximum absolute atomic E-state index is 12.7. The highest BCUT2D eigenvalue weighted by molar-refractivity contribution is 5.90. The van der Waals surface area contributed by atoms with Crippen LogP contribution in [0.1, 0.15) is 37.8 Å². The molecule has 1 aromatic rings. The number of carbonyl (C=O) groups excluding carboxylic acids is 1. The van der Waals surface area contributed by atoms with Gasteiger partial charge in [0.2, 0.25) is 0 Å². The van der Waals surface area contributed by atoms with E-state index < -0.39 is 17.7 Å². The summed E-state index contributed by atoms with van der Waals surface area (Å²) in [6.45, 7) is 5.36. The van der Waals surface area contributed by atoms with E-state index in [1.165, 1.54) is 12.1 Å². The largest absolute Gasteiger partial charge is 0.416 e. The number of carbonyl (C=O) groups is 1. The Hall–Kier alpha value is -1.83. The third-order valence-corrected chi connectivity index (χ3v) is 3.41. The Morgan fingerprint density at radius 3 is 2.30 bits per heavy atom. The lowest BCUT2D eigenvalue weighted by Gasteiger charge is -2.18. The molecule has 0 saturated carbocycles. The quantitative estimate of drug-likeness (QED) is 0.832. The number of nitrogens with zero attached hydrogens (tertiary/aromatic N) is 1. The number of ketones is 1. The second-order valence-electron chi connectivity index (χ2n) is 5.12. The molecule has 0 radical (unpaired) electrons. The Morgan fingerprint density at radius 2 is 1.85 bits per heavy atom. The SMILES string of the molecule is CC(C)C(C)C(=O)C(C#N)c1cccc(C(F)(F)F)c1. The molecule has 5 heteroatoms. The fourth-order valence-corrected chi connectivity index (χ4v) is 1.79. The predicted molar refractivity (Wildman–Crippen MR) is 68.8 cm³/mol. The van der Waals surface area contributed by atoms with Crippen LogP contribution in [0.15, 0.2) is 24.3 Å². The summed E-state index contributed by atoms with van der Waals surface area (Å²) in [6, 6.07) is 6.22. The standard InChI is InChI=1S/C15H16F3NO/c1-9(2)10(3)14(20)13(8-19)11-5-4-6-12(7-11)15(16,17)18/h4-7,9-10,13H,1-3H3. The van der Waals surface area contributed by atoms with Crippen LogP contribution in [0.25, 0.3) is 0 Å². The molecule has 1 rings (SSSR count). The number of benzene rings is 1. The van der Waals surface area contributed by atoms with Crippen LogP contribution in [0.5, 0.6) is 0 Å². The van der Waals surface area contributed by atoms with E-state index in [2.05, 4.69) is 0 Å². The van der Waals surface area contributed by atoms with E-state index in [0.717, 1.165) is 12.1 Å². The van der Waals surface area contributed by atoms with E-state index in [-0.39, 0.29) is 23.2 Å². The van der Waals surface area contributed by atoms with Gasteiger partial charge in [0.25, 0.3) is 0 Å². The highest BCUT2D eigenvalue weighted by Crippen LogP contribution is 2.32. The van der Waals surface area contributed by atoms with E-state index in [9.17, 15) is 18.0 Å². The first-order valence-electron chi connectivity index (χ1n) is 6.29. The van der Waals surface area contributed by atoms with Crippen LogP contribution in [0, 0.1) is 23.2 Å². The zero-order chi connectivity index (χ0) is 15.5. The van der Waals surface area contributed by atoms with Crippen molar-refractivity contribution in [3.63, 3.8) is 0 Å². The maximum atomic E-state index is 12.7. The third kappa shape index (κ3) is 3.60. The van der Waals surface area contributed by atoms with E-state index in [4.69, 9.17) is 5.26 Å². The third-order valence-electron chi connectivity index (χ3n) is 3.41. The van der Waals surface area contributed by atoms with Crippen LogP contribution in [0.3, 0.4) is 0 Å². The zero-order valence-corrected chi connectivity index (χ0v) is 11.5. The van der Waals surface area contributed by atoms with Gasteiger partial charge in [-0.05, 0) is 17.5 Å². The highest BCUT2D eigenvalue weighted by atomic mass is 19.4. The van der Waals surface area contributed by atoms with Gasteiger partial charge in [0.05, 0.1) is 11.6 Å². The van der Waals surface area contributed by atoms with Crippen LogP contribution in [-0.4, -0.2) is 5.78 Å². The Labute approximate surface area is 116 Å². The molecule has 2 atom stereocenters. The van der Waals surface area contributed by atoms with Gasteiger partial charge in [0.15, 0.2) is 5.78 Å². The summed E-state index contributed by atoms with van der Waals surface area (Å²) in [5.41, 5.74) is -0.750. The fraction of sp³-hybridized carbons (Fsp3) is 0.467. The van der Waals surface area contributed by atoms with Gasteiger partial charge in [0.1, 0.15) is 5.92 Å². The first-order valence-corrected chi connectivity index (χ1v) is 6.29. The summed E-state index contributed by atoms with van der Waals surface area (Å²) in [5, 5.41) is 9.12. The van der Waals surface area contributed by atoms with E-state index in [0.29, 0.717) is 0 Å². The first-order chi connectivity index (χ1) is 9.18. The first kappa shape index (κ1) is 16.2. The molecule has 2 nitrogen and oxygen atoms in total. The molecule has 0 saturated heterocycles. The number of nitriles is 1. The van der Waals surface area contributed by atoms with Gasteiger partial charge in [-0.25, -0.2) is 0 Å². The molecule has 20 heavy (non-hydrogen) atoms. The summed E-state index contributed by atoms with van der Waals surface area (Å²) >= 11 is 0. The Morgan fingerprint density at radius 1 is 1.25 bits per heavy atom. The minimum Gasteiger partial charge on any atom is -0.298 e. The van der Waals surface area contributed by atoms with Crippen molar-refractivity contribution in [2.45, 2.75) is 32.9 Å². The average Bonchev–Trinajstić information content (AvgIpc) is 2.37. The number of Topliss-reactive ketones (excluding diaryl/α,β-unsaturated/α-hetero) is 1. The molecule has 0 aromatic heterocycles. The number of rotatable bonds is 4.